The molecule has 204 valence electrons. The molecule has 2 aliphatic heterocycles. The molecule has 1 aliphatic carbocycles. The molecule has 0 radical (unpaired) electrons. The van der Waals surface area contributed by atoms with Gasteiger partial charge in [0.2, 0.25) is 5.91 Å². The SMILES string of the molecule is CCN1CCN(Cc2ccc(NC(=O)[C@@H]3c4ccccc4C(=O)N(C4CCCC4)[C@H]3c3cccs3)cc2)CC1. The Morgan fingerprint density at radius 1 is 0.923 bits per heavy atom. The molecule has 0 unspecified atom stereocenters. The van der Waals surface area contributed by atoms with Gasteiger partial charge < -0.3 is 15.1 Å². The van der Waals surface area contributed by atoms with Gasteiger partial charge in [0.1, 0.15) is 0 Å². The molecule has 1 N–H and O–H groups in total. The number of amides is 2. The van der Waals surface area contributed by atoms with Crippen molar-refractivity contribution in [1.82, 2.24) is 14.7 Å². The summed E-state index contributed by atoms with van der Waals surface area (Å²) in [6, 6.07) is 20.0. The van der Waals surface area contributed by atoms with Crippen LogP contribution in [0.3, 0.4) is 0 Å². The van der Waals surface area contributed by atoms with Crippen molar-refractivity contribution in [2.75, 3.05) is 38.0 Å². The van der Waals surface area contributed by atoms with Crippen LogP contribution in [-0.2, 0) is 11.3 Å². The van der Waals surface area contributed by atoms with Crippen LogP contribution in [0.1, 0.15) is 70.9 Å². The minimum absolute atomic E-state index is 0.0558. The number of benzene rings is 2. The van der Waals surface area contributed by atoms with Crippen molar-refractivity contribution in [2.45, 2.75) is 57.2 Å². The summed E-state index contributed by atoms with van der Waals surface area (Å²) in [5, 5.41) is 5.27. The summed E-state index contributed by atoms with van der Waals surface area (Å²) in [5.74, 6) is -0.462. The number of carbonyl (C=O) groups excluding carboxylic acids is 2. The molecule has 3 aliphatic rings. The van der Waals surface area contributed by atoms with Crippen molar-refractivity contribution in [3.05, 3.63) is 87.6 Å². The number of likely N-dealkylation sites (N-methyl/N-ethyl adjacent to an activating group) is 1. The van der Waals surface area contributed by atoms with Crippen LogP contribution < -0.4 is 5.32 Å². The van der Waals surface area contributed by atoms with Crippen LogP contribution in [0.15, 0.2) is 66.0 Å². The number of carbonyl (C=O) groups is 2. The number of thiophene rings is 1. The van der Waals surface area contributed by atoms with Gasteiger partial charge in [-0.2, -0.15) is 0 Å². The first-order chi connectivity index (χ1) is 19.1. The van der Waals surface area contributed by atoms with Crippen molar-refractivity contribution < 1.29 is 9.59 Å². The summed E-state index contributed by atoms with van der Waals surface area (Å²) in [4.78, 5) is 36.1. The molecule has 6 rings (SSSR count). The van der Waals surface area contributed by atoms with Gasteiger partial charge in [0, 0.05) is 54.9 Å². The van der Waals surface area contributed by atoms with Gasteiger partial charge in [-0.15, -0.1) is 11.3 Å². The van der Waals surface area contributed by atoms with Gasteiger partial charge in [0.15, 0.2) is 0 Å². The van der Waals surface area contributed by atoms with E-state index in [1.165, 1.54) is 5.56 Å². The molecule has 0 spiro atoms. The van der Waals surface area contributed by atoms with E-state index >= 15 is 0 Å². The highest BCUT2D eigenvalue weighted by Gasteiger charge is 2.47. The van der Waals surface area contributed by atoms with Crippen LogP contribution in [0.25, 0.3) is 0 Å². The molecule has 6 nitrogen and oxygen atoms in total. The van der Waals surface area contributed by atoms with E-state index in [0.717, 1.165) is 81.1 Å². The van der Waals surface area contributed by atoms with Gasteiger partial charge >= 0.3 is 0 Å². The largest absolute Gasteiger partial charge is 0.327 e. The molecule has 0 bridgehead atoms. The standard InChI is InChI=1S/C32H38N4O2S/c1-2-34-17-19-35(20-18-34)22-23-13-15-24(16-14-23)33-31(37)29-26-10-5-6-11-27(26)32(38)36(25-8-3-4-9-25)30(29)28-12-7-21-39-28/h5-7,10-16,21,25,29-30H,2-4,8-9,17-20,22H2,1H3,(H,33,37)/t29-,30+/m1/s1. The maximum absolute atomic E-state index is 14.1. The number of hydrogen-bond acceptors (Lipinski definition) is 5. The number of anilines is 1. The molecule has 2 amide bonds. The third-order valence-electron chi connectivity index (χ3n) is 8.75. The molecule has 7 heteroatoms. The van der Waals surface area contributed by atoms with Crippen molar-refractivity contribution in [2.24, 2.45) is 0 Å². The lowest BCUT2D eigenvalue weighted by molar-refractivity contribution is -0.119. The third kappa shape index (κ3) is 5.40. The van der Waals surface area contributed by atoms with E-state index in [1.807, 2.05) is 52.7 Å². The summed E-state index contributed by atoms with van der Waals surface area (Å²) in [6.45, 7) is 8.70. The Labute approximate surface area is 235 Å². The Morgan fingerprint density at radius 2 is 1.64 bits per heavy atom. The molecule has 1 saturated heterocycles. The smallest absolute Gasteiger partial charge is 0.254 e. The van der Waals surface area contributed by atoms with E-state index in [2.05, 4.69) is 40.2 Å². The van der Waals surface area contributed by atoms with Crippen molar-refractivity contribution in [3.63, 3.8) is 0 Å². The molecule has 1 saturated carbocycles. The lowest BCUT2D eigenvalue weighted by Gasteiger charge is -2.44. The number of nitrogens with zero attached hydrogens (tertiary/aromatic N) is 3. The Bertz CT molecular complexity index is 1280. The molecular formula is C32H38N4O2S. The van der Waals surface area contributed by atoms with Crippen LogP contribution in [-0.4, -0.2) is 65.3 Å². The minimum Gasteiger partial charge on any atom is -0.327 e. The quantitative estimate of drug-likeness (QED) is 0.413. The summed E-state index contributed by atoms with van der Waals surface area (Å²) >= 11 is 1.63. The van der Waals surface area contributed by atoms with Crippen molar-refractivity contribution in [1.29, 1.82) is 0 Å². The predicted molar refractivity (Wildman–Crippen MR) is 157 cm³/mol. The van der Waals surface area contributed by atoms with Gasteiger partial charge in [-0.05, 0) is 60.2 Å². The third-order valence-corrected chi connectivity index (χ3v) is 9.69. The van der Waals surface area contributed by atoms with Gasteiger partial charge in [-0.1, -0.05) is 56.2 Å². The lowest BCUT2D eigenvalue weighted by atomic mass is 9.80. The minimum atomic E-state index is -0.465. The zero-order valence-electron chi connectivity index (χ0n) is 22.7. The number of rotatable bonds is 7. The molecule has 1 aromatic heterocycles. The highest BCUT2D eigenvalue weighted by Crippen LogP contribution is 2.47. The second-order valence-electron chi connectivity index (χ2n) is 11.1. The number of hydrogen-bond donors (Lipinski definition) is 1. The van der Waals surface area contributed by atoms with Crippen LogP contribution in [0, 0.1) is 0 Å². The molecule has 39 heavy (non-hydrogen) atoms. The summed E-state index contributed by atoms with van der Waals surface area (Å²) < 4.78 is 0. The number of piperazine rings is 1. The second-order valence-corrected chi connectivity index (χ2v) is 12.1. The fourth-order valence-electron chi connectivity index (χ4n) is 6.62. The molecular weight excluding hydrogens is 504 g/mol. The van der Waals surface area contributed by atoms with Gasteiger partial charge in [-0.25, -0.2) is 0 Å². The Hall–Kier alpha value is -3.00. The highest BCUT2D eigenvalue weighted by molar-refractivity contribution is 7.10. The van der Waals surface area contributed by atoms with Crippen molar-refractivity contribution >= 4 is 28.8 Å². The van der Waals surface area contributed by atoms with Crippen LogP contribution in [0.4, 0.5) is 5.69 Å². The van der Waals surface area contributed by atoms with E-state index in [0.29, 0.717) is 5.56 Å². The average molecular weight is 543 g/mol. The fraction of sp³-hybridized carbons (Fsp3) is 0.438. The first kappa shape index (κ1) is 26.2. The maximum Gasteiger partial charge on any atom is 0.254 e. The van der Waals surface area contributed by atoms with E-state index in [4.69, 9.17) is 0 Å². The van der Waals surface area contributed by atoms with Gasteiger partial charge in [0.05, 0.1) is 12.0 Å². The van der Waals surface area contributed by atoms with E-state index in [1.54, 1.807) is 11.3 Å². The second kappa shape index (κ2) is 11.6. The molecule has 3 heterocycles. The monoisotopic (exact) mass is 542 g/mol. The Balaban J connectivity index is 1.25. The predicted octanol–water partition coefficient (Wildman–Crippen LogP) is 5.75. The lowest BCUT2D eigenvalue weighted by Crippen LogP contribution is -2.49. The Kier molecular flexibility index (Phi) is 7.82. The fourth-order valence-corrected chi connectivity index (χ4v) is 7.48. The topological polar surface area (TPSA) is 55.9 Å². The van der Waals surface area contributed by atoms with Crippen molar-refractivity contribution in [3.8, 4) is 0 Å². The zero-order chi connectivity index (χ0) is 26.8. The van der Waals surface area contributed by atoms with E-state index < -0.39 is 5.92 Å². The summed E-state index contributed by atoms with van der Waals surface area (Å²) in [7, 11) is 0. The van der Waals surface area contributed by atoms with E-state index in [-0.39, 0.29) is 23.9 Å². The zero-order valence-corrected chi connectivity index (χ0v) is 23.5. The molecule has 3 aromatic rings. The molecule has 2 atom stereocenters. The van der Waals surface area contributed by atoms with Gasteiger partial charge in [-0.3, -0.25) is 14.5 Å². The average Bonchev–Trinajstić information content (AvgIpc) is 3.70. The van der Waals surface area contributed by atoms with Crippen LogP contribution >= 0.6 is 11.3 Å². The highest BCUT2D eigenvalue weighted by atomic mass is 32.1. The van der Waals surface area contributed by atoms with Gasteiger partial charge in [0.25, 0.3) is 5.91 Å². The normalized spacial score (nSPS) is 22.7. The maximum atomic E-state index is 14.1. The van der Waals surface area contributed by atoms with Crippen LogP contribution in [0.5, 0.6) is 0 Å². The van der Waals surface area contributed by atoms with Crippen LogP contribution in [0.2, 0.25) is 0 Å². The number of nitrogens with one attached hydrogen (secondary N) is 1. The summed E-state index contributed by atoms with van der Waals surface area (Å²) in [5.41, 5.74) is 3.55. The number of fused-ring (bicyclic) bond motifs is 1. The first-order valence-electron chi connectivity index (χ1n) is 14.4. The first-order valence-corrected chi connectivity index (χ1v) is 15.3. The molecule has 2 fully saturated rings. The molecule has 2 aromatic carbocycles. The Morgan fingerprint density at radius 3 is 2.33 bits per heavy atom. The van der Waals surface area contributed by atoms with E-state index in [9.17, 15) is 9.59 Å². The summed E-state index contributed by atoms with van der Waals surface area (Å²) in [6.07, 6.45) is 4.26.